The molecule has 2 heterocycles. The van der Waals surface area contributed by atoms with Crippen molar-refractivity contribution in [1.82, 2.24) is 4.90 Å². The molecule has 0 N–H and O–H groups in total. The molecule has 1 amide bonds. The molecule has 1 aliphatic heterocycles. The van der Waals surface area contributed by atoms with Gasteiger partial charge in [-0.15, -0.1) is 0 Å². The van der Waals surface area contributed by atoms with Crippen LogP contribution in [0.25, 0.3) is 17.4 Å². The Labute approximate surface area is 217 Å². The minimum absolute atomic E-state index is 0.0447. The number of furan rings is 1. The molecule has 0 radical (unpaired) electrons. The maximum atomic E-state index is 13.6. The van der Waals surface area contributed by atoms with Crippen molar-refractivity contribution >= 4 is 34.9 Å². The van der Waals surface area contributed by atoms with E-state index in [-0.39, 0.29) is 17.9 Å². The molecule has 0 spiro atoms. The average molecular weight is 507 g/mol. The lowest BCUT2D eigenvalue weighted by Crippen LogP contribution is -2.41. The second kappa shape index (κ2) is 11.1. The smallest absolute Gasteiger partial charge is 0.338 e. The van der Waals surface area contributed by atoms with Crippen molar-refractivity contribution in [1.29, 1.82) is 0 Å². The van der Waals surface area contributed by atoms with Gasteiger partial charge in [-0.2, -0.15) is 0 Å². The minimum Gasteiger partial charge on any atom is -0.465 e. The van der Waals surface area contributed by atoms with E-state index in [1.54, 1.807) is 6.07 Å². The van der Waals surface area contributed by atoms with E-state index in [0.717, 1.165) is 42.0 Å². The van der Waals surface area contributed by atoms with Crippen LogP contribution in [0.2, 0.25) is 0 Å². The number of carbonyl (C=O) groups excluding carboxylic acids is 2. The summed E-state index contributed by atoms with van der Waals surface area (Å²) in [6.07, 6.45) is 13.5. The van der Waals surface area contributed by atoms with E-state index in [1.807, 2.05) is 42.2 Å². The highest BCUT2D eigenvalue weighted by Gasteiger charge is 2.39. The Balaban J connectivity index is 1.42. The zero-order valence-corrected chi connectivity index (χ0v) is 21.9. The van der Waals surface area contributed by atoms with Crippen LogP contribution in [0.15, 0.2) is 44.6 Å². The molecule has 3 aliphatic rings. The molecule has 7 heteroatoms. The van der Waals surface area contributed by atoms with E-state index in [2.05, 4.69) is 0 Å². The molecule has 190 valence electrons. The highest BCUT2D eigenvalue weighted by Crippen LogP contribution is 2.39. The summed E-state index contributed by atoms with van der Waals surface area (Å²) in [6, 6.07) is 9.81. The largest absolute Gasteiger partial charge is 0.465 e. The van der Waals surface area contributed by atoms with E-state index in [1.165, 1.54) is 57.4 Å². The number of nitrogens with zero attached hydrogens (tertiary/aromatic N) is 2. The Kier molecular flexibility index (Phi) is 7.65. The molecule has 2 saturated carbocycles. The lowest BCUT2D eigenvalue weighted by atomic mass is 9.94. The number of hydrogen-bond acceptors (Lipinski definition) is 6. The van der Waals surface area contributed by atoms with Gasteiger partial charge in [-0.05, 0) is 68.1 Å². The van der Waals surface area contributed by atoms with Gasteiger partial charge in [-0.25, -0.2) is 4.79 Å². The SMILES string of the molecule is COC(=O)c1cccc(-c2ccc(C=C3SC(=NC4CCCCC4)N(C4CCCCC4)C3=O)o2)c1C. The first-order valence-electron chi connectivity index (χ1n) is 13.1. The molecular formula is C29H34N2O4S. The number of methoxy groups -OCH3 is 1. The molecule has 3 fully saturated rings. The molecule has 6 nitrogen and oxygen atoms in total. The molecule has 0 unspecified atom stereocenters. The van der Waals surface area contributed by atoms with Crippen molar-refractivity contribution in [3.63, 3.8) is 0 Å². The van der Waals surface area contributed by atoms with Gasteiger partial charge in [0.15, 0.2) is 5.17 Å². The van der Waals surface area contributed by atoms with E-state index in [4.69, 9.17) is 14.1 Å². The number of benzene rings is 1. The number of hydrogen-bond donors (Lipinski definition) is 0. The highest BCUT2D eigenvalue weighted by atomic mass is 32.2. The number of carbonyl (C=O) groups is 2. The van der Waals surface area contributed by atoms with E-state index >= 15 is 0 Å². The van der Waals surface area contributed by atoms with Gasteiger partial charge in [0.2, 0.25) is 0 Å². The van der Waals surface area contributed by atoms with Gasteiger partial charge in [0.25, 0.3) is 5.91 Å². The van der Waals surface area contributed by atoms with Crippen molar-refractivity contribution in [3.05, 3.63) is 52.1 Å². The number of thioether (sulfide) groups is 1. The Morgan fingerprint density at radius 2 is 1.78 bits per heavy atom. The zero-order valence-electron chi connectivity index (χ0n) is 21.1. The standard InChI is InChI=1S/C29H34N2O4S/c1-19-23(14-9-15-24(19)28(33)34-2)25-17-16-22(35-25)18-26-27(32)31(21-12-7-4-8-13-21)29(36-26)30-20-10-5-3-6-11-20/h9,14-18,20-21H,3-8,10-13H2,1-2H3. The Morgan fingerprint density at radius 3 is 2.50 bits per heavy atom. The molecular weight excluding hydrogens is 472 g/mol. The Hall–Kier alpha value is -2.80. The van der Waals surface area contributed by atoms with E-state index < -0.39 is 0 Å². The number of rotatable bonds is 5. The minimum atomic E-state index is -0.371. The van der Waals surface area contributed by atoms with Crippen LogP contribution in [0.4, 0.5) is 0 Å². The quantitative estimate of drug-likeness (QED) is 0.323. The first kappa shape index (κ1) is 24.9. The Bertz CT molecular complexity index is 1190. The number of amides is 1. The summed E-state index contributed by atoms with van der Waals surface area (Å²) in [4.78, 5) is 33.5. The van der Waals surface area contributed by atoms with Crippen LogP contribution in [-0.4, -0.2) is 41.1 Å². The molecule has 1 aromatic carbocycles. The van der Waals surface area contributed by atoms with Gasteiger partial charge >= 0.3 is 5.97 Å². The summed E-state index contributed by atoms with van der Waals surface area (Å²) in [5, 5.41) is 0.874. The summed E-state index contributed by atoms with van der Waals surface area (Å²) >= 11 is 1.49. The fourth-order valence-corrected chi connectivity index (χ4v) is 6.63. The molecule has 36 heavy (non-hydrogen) atoms. The highest BCUT2D eigenvalue weighted by molar-refractivity contribution is 8.18. The normalized spacial score (nSPS) is 22.1. The maximum absolute atomic E-state index is 13.6. The molecule has 1 aromatic heterocycles. The molecule has 2 aromatic rings. The van der Waals surface area contributed by atoms with Crippen LogP contribution in [0.3, 0.4) is 0 Å². The Morgan fingerprint density at radius 1 is 1.06 bits per heavy atom. The van der Waals surface area contributed by atoms with Gasteiger partial charge in [0.05, 0.1) is 23.6 Å². The fourth-order valence-electron chi connectivity index (χ4n) is 5.54. The van der Waals surface area contributed by atoms with Crippen LogP contribution in [0.5, 0.6) is 0 Å². The third kappa shape index (κ3) is 5.17. The molecule has 0 bridgehead atoms. The summed E-state index contributed by atoms with van der Waals surface area (Å²) in [6.45, 7) is 1.88. The summed E-state index contributed by atoms with van der Waals surface area (Å²) in [5.74, 6) is 0.944. The lowest BCUT2D eigenvalue weighted by Gasteiger charge is -2.31. The maximum Gasteiger partial charge on any atom is 0.338 e. The lowest BCUT2D eigenvalue weighted by molar-refractivity contribution is -0.124. The van der Waals surface area contributed by atoms with Crippen molar-refractivity contribution in [2.24, 2.45) is 4.99 Å². The third-order valence-electron chi connectivity index (χ3n) is 7.55. The van der Waals surface area contributed by atoms with Crippen LogP contribution >= 0.6 is 11.8 Å². The first-order valence-corrected chi connectivity index (χ1v) is 14.0. The molecule has 1 saturated heterocycles. The number of amidine groups is 1. The number of aliphatic imine (C=N–C) groups is 1. The van der Waals surface area contributed by atoms with Gasteiger partial charge in [-0.3, -0.25) is 14.7 Å². The summed E-state index contributed by atoms with van der Waals surface area (Å²) < 4.78 is 11.0. The second-order valence-electron chi connectivity index (χ2n) is 9.95. The molecule has 5 rings (SSSR count). The van der Waals surface area contributed by atoms with Crippen molar-refractivity contribution in [2.75, 3.05) is 7.11 Å². The monoisotopic (exact) mass is 506 g/mol. The zero-order chi connectivity index (χ0) is 25.1. The molecule has 2 aliphatic carbocycles. The van der Waals surface area contributed by atoms with Gasteiger partial charge < -0.3 is 9.15 Å². The number of esters is 1. The summed E-state index contributed by atoms with van der Waals surface area (Å²) in [7, 11) is 1.38. The van der Waals surface area contributed by atoms with Crippen molar-refractivity contribution in [3.8, 4) is 11.3 Å². The molecule has 0 atom stereocenters. The second-order valence-corrected chi connectivity index (χ2v) is 11.0. The van der Waals surface area contributed by atoms with Crippen LogP contribution in [0.1, 0.15) is 85.9 Å². The van der Waals surface area contributed by atoms with Crippen LogP contribution in [-0.2, 0) is 9.53 Å². The van der Waals surface area contributed by atoms with Gasteiger partial charge in [0, 0.05) is 17.7 Å². The van der Waals surface area contributed by atoms with Crippen LogP contribution < -0.4 is 0 Å². The summed E-state index contributed by atoms with van der Waals surface area (Å²) in [5.41, 5.74) is 2.14. The topological polar surface area (TPSA) is 72.1 Å². The van der Waals surface area contributed by atoms with Gasteiger partial charge in [0.1, 0.15) is 11.5 Å². The average Bonchev–Trinajstić information content (AvgIpc) is 3.49. The first-order chi connectivity index (χ1) is 17.5. The predicted molar refractivity (Wildman–Crippen MR) is 144 cm³/mol. The van der Waals surface area contributed by atoms with E-state index in [0.29, 0.717) is 28.0 Å². The fraction of sp³-hybridized carbons (Fsp3) is 0.483. The van der Waals surface area contributed by atoms with Crippen molar-refractivity contribution < 1.29 is 18.7 Å². The van der Waals surface area contributed by atoms with E-state index in [9.17, 15) is 9.59 Å². The van der Waals surface area contributed by atoms with Gasteiger partial charge in [-0.1, -0.05) is 50.7 Å². The predicted octanol–water partition coefficient (Wildman–Crippen LogP) is 6.98. The third-order valence-corrected chi connectivity index (χ3v) is 8.55. The van der Waals surface area contributed by atoms with Crippen molar-refractivity contribution in [2.45, 2.75) is 83.2 Å². The van der Waals surface area contributed by atoms with Crippen LogP contribution in [0, 0.1) is 6.92 Å². The number of ether oxygens (including phenoxy) is 1.